The van der Waals surface area contributed by atoms with E-state index in [1.807, 2.05) is 43.3 Å². The van der Waals surface area contributed by atoms with Crippen molar-refractivity contribution in [2.24, 2.45) is 0 Å². The van der Waals surface area contributed by atoms with Crippen LogP contribution in [-0.4, -0.2) is 16.7 Å². The Kier molecular flexibility index (Phi) is 4.25. The number of aromatic nitrogens is 2. The molecule has 0 aliphatic heterocycles. The highest BCUT2D eigenvalue weighted by Crippen LogP contribution is 2.18. The van der Waals surface area contributed by atoms with Crippen molar-refractivity contribution in [3.05, 3.63) is 47.7 Å². The third kappa shape index (κ3) is 3.53. The first kappa shape index (κ1) is 12.5. The molecule has 94 valence electrons. The van der Waals surface area contributed by atoms with E-state index in [9.17, 15) is 0 Å². The monoisotopic (exact) mass is 243 g/mol. The van der Waals surface area contributed by atoms with Crippen LogP contribution < -0.4 is 10.1 Å². The van der Waals surface area contributed by atoms with Gasteiger partial charge in [-0.3, -0.25) is 0 Å². The van der Waals surface area contributed by atoms with E-state index in [0.717, 1.165) is 24.5 Å². The van der Waals surface area contributed by atoms with Gasteiger partial charge in [-0.05, 0) is 31.7 Å². The Morgan fingerprint density at radius 3 is 2.44 bits per heavy atom. The number of aryl methyl sites for hydroxylation is 1. The van der Waals surface area contributed by atoms with Crippen molar-refractivity contribution in [2.45, 2.75) is 20.4 Å². The predicted molar refractivity (Wildman–Crippen MR) is 70.7 cm³/mol. The van der Waals surface area contributed by atoms with Gasteiger partial charge in [0, 0.05) is 12.6 Å². The van der Waals surface area contributed by atoms with Gasteiger partial charge < -0.3 is 10.1 Å². The van der Waals surface area contributed by atoms with Gasteiger partial charge in [-0.25, -0.2) is 0 Å². The molecule has 1 N–H and O–H groups in total. The summed E-state index contributed by atoms with van der Waals surface area (Å²) in [6, 6.07) is 11.6. The highest BCUT2D eigenvalue weighted by Gasteiger charge is 2.00. The van der Waals surface area contributed by atoms with Crippen molar-refractivity contribution < 1.29 is 4.74 Å². The van der Waals surface area contributed by atoms with E-state index in [0.29, 0.717) is 5.88 Å². The highest BCUT2D eigenvalue weighted by atomic mass is 16.5. The van der Waals surface area contributed by atoms with Crippen molar-refractivity contribution in [1.29, 1.82) is 0 Å². The quantitative estimate of drug-likeness (QED) is 0.877. The fourth-order valence-electron chi connectivity index (χ4n) is 1.48. The summed E-state index contributed by atoms with van der Waals surface area (Å²) in [5.74, 6) is 1.29. The molecule has 0 radical (unpaired) electrons. The average Bonchev–Trinajstić information content (AvgIpc) is 2.41. The van der Waals surface area contributed by atoms with Gasteiger partial charge >= 0.3 is 0 Å². The Morgan fingerprint density at radius 1 is 1.06 bits per heavy atom. The van der Waals surface area contributed by atoms with Crippen LogP contribution in [0.3, 0.4) is 0 Å². The molecule has 0 unspecified atom stereocenters. The number of rotatable bonds is 5. The molecule has 4 nitrogen and oxygen atoms in total. The number of nitrogens with one attached hydrogen (secondary N) is 1. The Bertz CT molecular complexity index is 479. The molecule has 0 saturated heterocycles. The number of hydrogen-bond donors (Lipinski definition) is 1. The van der Waals surface area contributed by atoms with E-state index in [-0.39, 0.29) is 0 Å². The van der Waals surface area contributed by atoms with Crippen LogP contribution in [0.15, 0.2) is 36.4 Å². The maximum absolute atomic E-state index is 5.60. The van der Waals surface area contributed by atoms with Crippen molar-refractivity contribution >= 4 is 0 Å². The zero-order valence-electron chi connectivity index (χ0n) is 10.7. The van der Waals surface area contributed by atoms with Gasteiger partial charge in [-0.2, -0.15) is 5.10 Å². The molecular weight excluding hydrogens is 226 g/mol. The Balaban J connectivity index is 1.99. The predicted octanol–water partition coefficient (Wildman–Crippen LogP) is 2.69. The zero-order valence-corrected chi connectivity index (χ0v) is 10.7. The van der Waals surface area contributed by atoms with E-state index >= 15 is 0 Å². The molecule has 1 heterocycles. The molecule has 1 aromatic carbocycles. The van der Waals surface area contributed by atoms with E-state index in [2.05, 4.69) is 22.4 Å². The number of nitrogens with zero attached hydrogens (tertiary/aromatic N) is 2. The second-order valence-corrected chi connectivity index (χ2v) is 4.06. The lowest BCUT2D eigenvalue weighted by atomic mass is 10.2. The van der Waals surface area contributed by atoms with E-state index in [4.69, 9.17) is 4.74 Å². The molecule has 18 heavy (non-hydrogen) atoms. The van der Waals surface area contributed by atoms with Crippen molar-refractivity contribution in [3.63, 3.8) is 0 Å². The SMILES string of the molecule is CCNCc1ccc(Oc2ccc(C)cc2)nn1. The molecule has 2 aromatic rings. The van der Waals surface area contributed by atoms with Gasteiger partial charge in [0.05, 0.1) is 5.69 Å². The minimum absolute atomic E-state index is 0.513. The lowest BCUT2D eigenvalue weighted by Crippen LogP contribution is -2.13. The van der Waals surface area contributed by atoms with Gasteiger partial charge in [0.15, 0.2) is 0 Å². The van der Waals surface area contributed by atoms with Crippen LogP contribution in [0.25, 0.3) is 0 Å². The summed E-state index contributed by atoms with van der Waals surface area (Å²) in [7, 11) is 0. The van der Waals surface area contributed by atoms with Crippen LogP contribution in [0.4, 0.5) is 0 Å². The summed E-state index contributed by atoms with van der Waals surface area (Å²) < 4.78 is 5.60. The molecule has 4 heteroatoms. The molecule has 0 atom stereocenters. The Hall–Kier alpha value is -1.94. The molecule has 0 saturated carbocycles. The van der Waals surface area contributed by atoms with Crippen LogP contribution in [0, 0.1) is 6.92 Å². The number of hydrogen-bond acceptors (Lipinski definition) is 4. The van der Waals surface area contributed by atoms with Gasteiger partial charge in [-0.15, -0.1) is 5.10 Å². The van der Waals surface area contributed by atoms with Gasteiger partial charge in [0.2, 0.25) is 5.88 Å². The van der Waals surface area contributed by atoms with Crippen molar-refractivity contribution in [2.75, 3.05) is 6.54 Å². The summed E-state index contributed by atoms with van der Waals surface area (Å²) in [5, 5.41) is 11.3. The summed E-state index contributed by atoms with van der Waals surface area (Å²) >= 11 is 0. The molecule has 0 spiro atoms. The lowest BCUT2D eigenvalue weighted by molar-refractivity contribution is 0.453. The number of ether oxygens (including phenoxy) is 1. The van der Waals surface area contributed by atoms with E-state index in [1.165, 1.54) is 5.56 Å². The second-order valence-electron chi connectivity index (χ2n) is 4.06. The fourth-order valence-corrected chi connectivity index (χ4v) is 1.48. The summed E-state index contributed by atoms with van der Waals surface area (Å²) in [5.41, 5.74) is 2.11. The average molecular weight is 243 g/mol. The first-order valence-corrected chi connectivity index (χ1v) is 6.06. The maximum Gasteiger partial charge on any atom is 0.238 e. The Labute approximate surface area is 107 Å². The van der Waals surface area contributed by atoms with Crippen LogP contribution in [-0.2, 0) is 6.54 Å². The van der Waals surface area contributed by atoms with Gasteiger partial charge in [0.25, 0.3) is 0 Å². The molecule has 0 aliphatic carbocycles. The summed E-state index contributed by atoms with van der Waals surface area (Å²) in [4.78, 5) is 0. The first-order chi connectivity index (χ1) is 8.78. The minimum atomic E-state index is 0.513. The fraction of sp³-hybridized carbons (Fsp3) is 0.286. The van der Waals surface area contributed by atoms with Crippen LogP contribution in [0.2, 0.25) is 0 Å². The summed E-state index contributed by atoms with van der Waals surface area (Å²) in [6.45, 7) is 5.75. The minimum Gasteiger partial charge on any atom is -0.438 e. The van der Waals surface area contributed by atoms with Gasteiger partial charge in [0.1, 0.15) is 5.75 Å². The Morgan fingerprint density at radius 2 is 1.83 bits per heavy atom. The molecule has 0 bridgehead atoms. The lowest BCUT2D eigenvalue weighted by Gasteiger charge is -2.05. The number of benzene rings is 1. The van der Waals surface area contributed by atoms with Crippen LogP contribution in [0.1, 0.15) is 18.2 Å². The standard InChI is InChI=1S/C14H17N3O/c1-3-15-10-12-6-9-14(17-16-12)18-13-7-4-11(2)5-8-13/h4-9,15H,3,10H2,1-2H3. The second kappa shape index (κ2) is 6.12. The molecule has 0 amide bonds. The normalized spacial score (nSPS) is 10.3. The van der Waals surface area contributed by atoms with Gasteiger partial charge in [-0.1, -0.05) is 24.6 Å². The van der Waals surface area contributed by atoms with Crippen LogP contribution >= 0.6 is 0 Å². The summed E-state index contributed by atoms with van der Waals surface area (Å²) in [6.07, 6.45) is 0. The zero-order chi connectivity index (χ0) is 12.8. The van der Waals surface area contributed by atoms with Crippen LogP contribution in [0.5, 0.6) is 11.6 Å². The topological polar surface area (TPSA) is 47.0 Å². The van der Waals surface area contributed by atoms with E-state index < -0.39 is 0 Å². The van der Waals surface area contributed by atoms with Crippen molar-refractivity contribution in [1.82, 2.24) is 15.5 Å². The van der Waals surface area contributed by atoms with Crippen molar-refractivity contribution in [3.8, 4) is 11.6 Å². The molecular formula is C14H17N3O. The molecule has 1 aromatic heterocycles. The molecule has 2 rings (SSSR count). The maximum atomic E-state index is 5.60. The first-order valence-electron chi connectivity index (χ1n) is 6.06. The largest absolute Gasteiger partial charge is 0.438 e. The third-order valence-electron chi connectivity index (χ3n) is 2.49. The third-order valence-corrected chi connectivity index (χ3v) is 2.49. The smallest absolute Gasteiger partial charge is 0.238 e. The highest BCUT2D eigenvalue weighted by molar-refractivity contribution is 5.29. The molecule has 0 fully saturated rings. The molecule has 0 aliphatic rings. The van der Waals surface area contributed by atoms with E-state index in [1.54, 1.807) is 0 Å².